The van der Waals surface area contributed by atoms with Crippen LogP contribution < -0.4 is 14.8 Å². The zero-order chi connectivity index (χ0) is 16.4. The number of thioether (sulfide) groups is 1. The fourth-order valence-electron chi connectivity index (χ4n) is 2.14. The monoisotopic (exact) mass is 360 g/mol. The summed E-state index contributed by atoms with van der Waals surface area (Å²) in [5.74, 6) is 2.11. The molecular weight excluding hydrogens is 348 g/mol. The largest absolute Gasteiger partial charge is 0.454 e. The number of ether oxygens (including phenoxy) is 2. The van der Waals surface area contributed by atoms with Crippen LogP contribution in [0.25, 0.3) is 10.7 Å². The highest BCUT2D eigenvalue weighted by Gasteiger charge is 2.15. The number of nitrogens with one attached hydrogen (secondary N) is 2. The highest BCUT2D eigenvalue weighted by atomic mass is 32.2. The summed E-state index contributed by atoms with van der Waals surface area (Å²) in [7, 11) is 0. The molecule has 0 saturated heterocycles. The van der Waals surface area contributed by atoms with E-state index in [1.54, 1.807) is 29.5 Å². The summed E-state index contributed by atoms with van der Waals surface area (Å²) >= 11 is 2.86. The smallest absolute Gasteiger partial charge is 0.234 e. The van der Waals surface area contributed by atoms with Crippen molar-refractivity contribution >= 4 is 34.7 Å². The normalized spacial score (nSPS) is 12.3. The van der Waals surface area contributed by atoms with Gasteiger partial charge in [0.2, 0.25) is 17.9 Å². The third kappa shape index (κ3) is 3.22. The van der Waals surface area contributed by atoms with Gasteiger partial charge in [-0.3, -0.25) is 9.89 Å². The van der Waals surface area contributed by atoms with Gasteiger partial charge in [-0.15, -0.1) is 16.4 Å². The van der Waals surface area contributed by atoms with Gasteiger partial charge in [-0.1, -0.05) is 17.8 Å². The maximum Gasteiger partial charge on any atom is 0.234 e. The molecule has 0 spiro atoms. The first kappa shape index (κ1) is 15.0. The molecule has 0 unspecified atom stereocenters. The highest BCUT2D eigenvalue weighted by Crippen LogP contribution is 2.34. The highest BCUT2D eigenvalue weighted by molar-refractivity contribution is 7.99. The molecule has 2 N–H and O–H groups in total. The number of aromatic amines is 1. The van der Waals surface area contributed by atoms with Crippen molar-refractivity contribution in [3.8, 4) is 22.2 Å². The van der Waals surface area contributed by atoms with Crippen molar-refractivity contribution in [2.24, 2.45) is 0 Å². The Morgan fingerprint density at radius 1 is 1.33 bits per heavy atom. The van der Waals surface area contributed by atoms with Crippen LogP contribution in [0, 0.1) is 0 Å². The average molecular weight is 360 g/mol. The molecule has 24 heavy (non-hydrogen) atoms. The van der Waals surface area contributed by atoms with Crippen LogP contribution in [0.15, 0.2) is 40.9 Å². The first-order valence-corrected chi connectivity index (χ1v) is 8.93. The van der Waals surface area contributed by atoms with Gasteiger partial charge in [0, 0.05) is 11.8 Å². The number of amides is 1. The molecular formula is C15H12N4O3S2. The summed E-state index contributed by atoms with van der Waals surface area (Å²) in [6.07, 6.45) is 0. The lowest BCUT2D eigenvalue weighted by molar-refractivity contribution is -0.113. The molecule has 1 aliphatic rings. The molecule has 7 nitrogen and oxygen atoms in total. The Kier molecular flexibility index (Phi) is 4.09. The van der Waals surface area contributed by atoms with Crippen LogP contribution in [-0.4, -0.2) is 33.6 Å². The summed E-state index contributed by atoms with van der Waals surface area (Å²) in [6.45, 7) is 0.208. The lowest BCUT2D eigenvalue weighted by Gasteiger charge is -2.05. The predicted octanol–water partition coefficient (Wildman–Crippen LogP) is 2.99. The van der Waals surface area contributed by atoms with Crippen LogP contribution in [0.4, 0.5) is 5.69 Å². The molecule has 0 aliphatic carbocycles. The molecule has 0 fully saturated rings. The van der Waals surface area contributed by atoms with Crippen molar-refractivity contribution in [3.63, 3.8) is 0 Å². The van der Waals surface area contributed by atoms with E-state index < -0.39 is 0 Å². The summed E-state index contributed by atoms with van der Waals surface area (Å²) in [5, 5.41) is 12.3. The number of rotatable bonds is 5. The van der Waals surface area contributed by atoms with Crippen molar-refractivity contribution in [1.82, 2.24) is 15.2 Å². The van der Waals surface area contributed by atoms with Crippen molar-refractivity contribution in [3.05, 3.63) is 35.7 Å². The molecule has 122 valence electrons. The van der Waals surface area contributed by atoms with E-state index in [1.165, 1.54) is 11.8 Å². The number of hydrogen-bond acceptors (Lipinski definition) is 7. The molecule has 1 amide bonds. The maximum absolute atomic E-state index is 12.1. The first-order chi connectivity index (χ1) is 11.8. The van der Waals surface area contributed by atoms with Gasteiger partial charge in [0.15, 0.2) is 17.3 Å². The van der Waals surface area contributed by atoms with Crippen LogP contribution in [0.3, 0.4) is 0 Å². The van der Waals surface area contributed by atoms with Gasteiger partial charge in [-0.25, -0.2) is 4.98 Å². The van der Waals surface area contributed by atoms with E-state index in [0.29, 0.717) is 28.2 Å². The lowest BCUT2D eigenvalue weighted by atomic mass is 10.3. The van der Waals surface area contributed by atoms with Crippen LogP contribution in [0.1, 0.15) is 0 Å². The van der Waals surface area contributed by atoms with E-state index in [-0.39, 0.29) is 18.5 Å². The van der Waals surface area contributed by atoms with E-state index >= 15 is 0 Å². The molecule has 1 aromatic carbocycles. The molecule has 0 radical (unpaired) electrons. The Bertz CT molecular complexity index is 863. The zero-order valence-electron chi connectivity index (χ0n) is 12.3. The fraction of sp³-hybridized carbons (Fsp3) is 0.133. The molecule has 0 saturated carbocycles. The van der Waals surface area contributed by atoms with Crippen LogP contribution in [0.5, 0.6) is 11.5 Å². The van der Waals surface area contributed by atoms with Crippen molar-refractivity contribution in [2.75, 3.05) is 17.9 Å². The van der Waals surface area contributed by atoms with Crippen LogP contribution in [-0.2, 0) is 4.79 Å². The Hall–Kier alpha value is -2.52. The summed E-state index contributed by atoms with van der Waals surface area (Å²) in [4.78, 5) is 17.4. The van der Waals surface area contributed by atoms with Crippen molar-refractivity contribution in [1.29, 1.82) is 0 Å². The van der Waals surface area contributed by atoms with Gasteiger partial charge < -0.3 is 14.8 Å². The number of hydrogen-bond donors (Lipinski definition) is 2. The number of thiophene rings is 1. The average Bonchev–Trinajstić information content (AvgIpc) is 3.32. The topological polar surface area (TPSA) is 89.1 Å². The molecule has 9 heteroatoms. The number of fused-ring (bicyclic) bond motifs is 1. The minimum Gasteiger partial charge on any atom is -0.454 e. The number of aromatic nitrogens is 3. The SMILES string of the molecule is O=C(CSc1n[nH]c(-c2cccs2)n1)Nc1ccc2c(c1)OCO2. The second-order valence-electron chi connectivity index (χ2n) is 4.85. The van der Waals surface area contributed by atoms with E-state index in [0.717, 1.165) is 4.88 Å². The molecule has 3 aromatic rings. The molecule has 0 atom stereocenters. The third-order valence-electron chi connectivity index (χ3n) is 3.21. The summed E-state index contributed by atoms with van der Waals surface area (Å²) in [6, 6.07) is 9.21. The second kappa shape index (κ2) is 6.54. The van der Waals surface area contributed by atoms with Gasteiger partial charge in [0.05, 0.1) is 10.6 Å². The number of anilines is 1. The quantitative estimate of drug-likeness (QED) is 0.680. The van der Waals surface area contributed by atoms with Crippen LogP contribution in [0.2, 0.25) is 0 Å². The maximum atomic E-state index is 12.1. The minimum atomic E-state index is -0.138. The molecule has 4 rings (SSSR count). The first-order valence-electron chi connectivity index (χ1n) is 7.06. The second-order valence-corrected chi connectivity index (χ2v) is 6.74. The summed E-state index contributed by atoms with van der Waals surface area (Å²) in [5.41, 5.74) is 0.666. The molecule has 1 aliphatic heterocycles. The number of H-pyrrole nitrogens is 1. The zero-order valence-corrected chi connectivity index (χ0v) is 13.9. The van der Waals surface area contributed by atoms with Gasteiger partial charge >= 0.3 is 0 Å². The third-order valence-corrected chi connectivity index (χ3v) is 4.93. The molecule has 3 heterocycles. The Morgan fingerprint density at radius 3 is 3.12 bits per heavy atom. The number of benzene rings is 1. The van der Waals surface area contributed by atoms with E-state index in [2.05, 4.69) is 20.5 Å². The van der Waals surface area contributed by atoms with Gasteiger partial charge in [0.1, 0.15) is 0 Å². The number of nitrogens with zero attached hydrogens (tertiary/aromatic N) is 2. The Morgan fingerprint density at radius 2 is 2.25 bits per heavy atom. The van der Waals surface area contributed by atoms with Crippen LogP contribution >= 0.6 is 23.1 Å². The standard InChI is InChI=1S/C15H12N4O3S2/c20-13(16-9-3-4-10-11(6-9)22-8-21-10)7-24-15-17-14(18-19-15)12-2-1-5-23-12/h1-6H,7-8H2,(H,16,20)(H,17,18,19). The minimum absolute atomic E-state index is 0.138. The fourth-order valence-corrected chi connectivity index (χ4v) is 3.40. The summed E-state index contributed by atoms with van der Waals surface area (Å²) < 4.78 is 10.5. The number of carbonyl (C=O) groups excluding carboxylic acids is 1. The van der Waals surface area contributed by atoms with E-state index in [9.17, 15) is 4.79 Å². The molecule has 2 aromatic heterocycles. The predicted molar refractivity (Wildman–Crippen MR) is 91.6 cm³/mol. The van der Waals surface area contributed by atoms with Gasteiger partial charge in [-0.05, 0) is 23.6 Å². The van der Waals surface area contributed by atoms with Crippen molar-refractivity contribution < 1.29 is 14.3 Å². The van der Waals surface area contributed by atoms with E-state index in [1.807, 2.05) is 17.5 Å². The van der Waals surface area contributed by atoms with E-state index in [4.69, 9.17) is 9.47 Å². The Labute approximate surface area is 145 Å². The lowest BCUT2D eigenvalue weighted by Crippen LogP contribution is -2.14. The van der Waals surface area contributed by atoms with Gasteiger partial charge in [-0.2, -0.15) is 0 Å². The molecule has 0 bridgehead atoms. The Balaban J connectivity index is 1.33. The van der Waals surface area contributed by atoms with Gasteiger partial charge in [0.25, 0.3) is 0 Å². The number of carbonyl (C=O) groups is 1. The van der Waals surface area contributed by atoms with Crippen molar-refractivity contribution in [2.45, 2.75) is 5.16 Å².